The quantitative estimate of drug-likeness (QED) is 0.847. The van der Waals surface area contributed by atoms with Crippen molar-refractivity contribution in [2.24, 2.45) is 0 Å². The second-order valence-electron chi connectivity index (χ2n) is 4.43. The molecule has 2 rings (SSSR count). The lowest BCUT2D eigenvalue weighted by Gasteiger charge is -2.32. The summed E-state index contributed by atoms with van der Waals surface area (Å²) in [5.74, 6) is 0. The number of anilines is 1. The molecule has 0 atom stereocenters. The van der Waals surface area contributed by atoms with Crippen LogP contribution in [0, 0.1) is 0 Å². The van der Waals surface area contributed by atoms with Gasteiger partial charge in [0.05, 0.1) is 5.56 Å². The van der Waals surface area contributed by atoms with Gasteiger partial charge in [-0.2, -0.15) is 13.2 Å². The number of rotatable bonds is 3. The highest BCUT2D eigenvalue weighted by molar-refractivity contribution is 5.48. The molecular weight excluding hydrogens is 259 g/mol. The number of piperidine rings is 1. The van der Waals surface area contributed by atoms with Gasteiger partial charge in [-0.25, -0.2) is 4.79 Å². The predicted octanol–water partition coefficient (Wildman–Crippen LogP) is 2.76. The molecule has 0 saturated carbocycles. The first kappa shape index (κ1) is 13.7. The Morgan fingerprint density at radius 1 is 1.16 bits per heavy atom. The van der Waals surface area contributed by atoms with Gasteiger partial charge in [-0.05, 0) is 24.3 Å². The minimum atomic E-state index is -4.31. The van der Waals surface area contributed by atoms with Crippen LogP contribution in [0.5, 0.6) is 0 Å². The summed E-state index contributed by atoms with van der Waals surface area (Å²) in [6.07, 6.45) is -3.12. The largest absolute Gasteiger partial charge is 0.454 e. The van der Waals surface area contributed by atoms with Crippen molar-refractivity contribution in [3.63, 3.8) is 0 Å². The molecule has 6 heteroatoms. The zero-order valence-corrected chi connectivity index (χ0v) is 10.1. The highest BCUT2D eigenvalue weighted by Gasteiger charge is 2.30. The zero-order valence-electron chi connectivity index (χ0n) is 10.1. The topological polar surface area (TPSA) is 29.5 Å². The molecule has 3 nitrogen and oxygen atoms in total. The molecule has 1 fully saturated rings. The van der Waals surface area contributed by atoms with Gasteiger partial charge in [0, 0.05) is 31.6 Å². The molecule has 1 heterocycles. The van der Waals surface area contributed by atoms with E-state index in [0.29, 0.717) is 25.9 Å². The summed E-state index contributed by atoms with van der Waals surface area (Å²) >= 11 is 0. The molecule has 19 heavy (non-hydrogen) atoms. The molecule has 0 bridgehead atoms. The van der Waals surface area contributed by atoms with Crippen LogP contribution in [-0.2, 0) is 15.7 Å². The number of hydrogen-bond acceptors (Lipinski definition) is 3. The number of ether oxygens (including phenoxy) is 1. The SMILES string of the molecule is O=[C]OC1CCN(c2ccc(C(F)(F)F)cc2)CC1. The summed E-state index contributed by atoms with van der Waals surface area (Å²) in [7, 11) is 0. The minimum Gasteiger partial charge on any atom is -0.454 e. The number of alkyl halides is 3. The van der Waals surface area contributed by atoms with Crippen LogP contribution >= 0.6 is 0 Å². The third-order valence-electron chi connectivity index (χ3n) is 3.22. The number of hydrogen-bond donors (Lipinski definition) is 0. The Hall–Kier alpha value is -1.72. The van der Waals surface area contributed by atoms with Gasteiger partial charge in [0.25, 0.3) is 0 Å². The summed E-state index contributed by atoms with van der Waals surface area (Å²) in [6.45, 7) is 2.72. The van der Waals surface area contributed by atoms with Crippen molar-refractivity contribution in [2.75, 3.05) is 18.0 Å². The summed E-state index contributed by atoms with van der Waals surface area (Å²) in [5.41, 5.74) is 0.103. The Morgan fingerprint density at radius 2 is 1.74 bits per heavy atom. The first-order chi connectivity index (χ1) is 9.00. The van der Waals surface area contributed by atoms with E-state index in [-0.39, 0.29) is 6.10 Å². The van der Waals surface area contributed by atoms with Gasteiger partial charge >= 0.3 is 12.6 Å². The molecule has 1 aliphatic heterocycles. The molecule has 1 aromatic rings. The van der Waals surface area contributed by atoms with Crippen LogP contribution in [-0.4, -0.2) is 25.7 Å². The Kier molecular flexibility index (Phi) is 3.97. The van der Waals surface area contributed by atoms with Crippen molar-refractivity contribution in [3.8, 4) is 0 Å². The van der Waals surface area contributed by atoms with Crippen LogP contribution in [0.1, 0.15) is 18.4 Å². The first-order valence-electron chi connectivity index (χ1n) is 5.95. The Labute approximate surface area is 109 Å². The molecule has 0 unspecified atom stereocenters. The summed E-state index contributed by atoms with van der Waals surface area (Å²) in [6, 6.07) is 5.10. The lowest BCUT2D eigenvalue weighted by Crippen LogP contribution is -2.36. The molecule has 0 amide bonds. The second kappa shape index (κ2) is 5.50. The van der Waals surface area contributed by atoms with Gasteiger partial charge in [-0.15, -0.1) is 0 Å². The highest BCUT2D eigenvalue weighted by atomic mass is 19.4. The zero-order chi connectivity index (χ0) is 13.9. The van der Waals surface area contributed by atoms with Crippen LogP contribution in [0.3, 0.4) is 0 Å². The molecule has 1 aliphatic rings. The van der Waals surface area contributed by atoms with Crippen molar-refractivity contribution in [3.05, 3.63) is 29.8 Å². The van der Waals surface area contributed by atoms with E-state index in [1.807, 2.05) is 4.90 Å². The van der Waals surface area contributed by atoms with Gasteiger partial charge in [0.2, 0.25) is 0 Å². The molecule has 1 aromatic carbocycles. The monoisotopic (exact) mass is 272 g/mol. The standard InChI is InChI=1S/C13H13F3NO2/c14-13(15,16)10-1-3-11(4-2-10)17-7-5-12(6-8-17)19-9-18/h1-4,12H,5-8H2. The van der Waals surface area contributed by atoms with E-state index in [4.69, 9.17) is 4.74 Å². The van der Waals surface area contributed by atoms with E-state index in [9.17, 15) is 18.0 Å². The van der Waals surface area contributed by atoms with E-state index in [1.54, 1.807) is 0 Å². The third-order valence-corrected chi connectivity index (χ3v) is 3.22. The average molecular weight is 272 g/mol. The van der Waals surface area contributed by atoms with E-state index < -0.39 is 11.7 Å². The third kappa shape index (κ3) is 3.39. The lowest BCUT2D eigenvalue weighted by atomic mass is 10.1. The van der Waals surface area contributed by atoms with Crippen molar-refractivity contribution in [1.29, 1.82) is 0 Å². The van der Waals surface area contributed by atoms with E-state index in [2.05, 4.69) is 0 Å². The fraction of sp³-hybridized carbons (Fsp3) is 0.462. The maximum Gasteiger partial charge on any atom is 0.417 e. The maximum absolute atomic E-state index is 12.4. The lowest BCUT2D eigenvalue weighted by molar-refractivity contribution is -0.137. The average Bonchev–Trinajstić information content (AvgIpc) is 2.39. The van der Waals surface area contributed by atoms with Crippen LogP contribution in [0.25, 0.3) is 0 Å². The number of halogens is 3. The normalized spacial score (nSPS) is 17.3. The number of nitrogens with zero attached hydrogens (tertiary/aromatic N) is 1. The van der Waals surface area contributed by atoms with Crippen molar-refractivity contribution >= 4 is 12.2 Å². The van der Waals surface area contributed by atoms with Crippen LogP contribution in [0.15, 0.2) is 24.3 Å². The highest BCUT2D eigenvalue weighted by Crippen LogP contribution is 2.31. The fourth-order valence-corrected chi connectivity index (χ4v) is 2.16. The van der Waals surface area contributed by atoms with Gasteiger partial charge < -0.3 is 9.64 Å². The number of benzene rings is 1. The molecule has 0 aliphatic carbocycles. The van der Waals surface area contributed by atoms with Crippen LogP contribution < -0.4 is 4.90 Å². The van der Waals surface area contributed by atoms with Crippen LogP contribution in [0.4, 0.5) is 18.9 Å². The van der Waals surface area contributed by atoms with E-state index >= 15 is 0 Å². The summed E-state index contributed by atoms with van der Waals surface area (Å²) < 4.78 is 42.0. The van der Waals surface area contributed by atoms with Crippen molar-refractivity contribution < 1.29 is 22.7 Å². The predicted molar refractivity (Wildman–Crippen MR) is 63.5 cm³/mol. The van der Waals surface area contributed by atoms with Gasteiger partial charge in [0.1, 0.15) is 6.10 Å². The van der Waals surface area contributed by atoms with E-state index in [0.717, 1.165) is 17.8 Å². The molecule has 1 radical (unpaired) electrons. The molecule has 0 spiro atoms. The summed E-state index contributed by atoms with van der Waals surface area (Å²) in [4.78, 5) is 12.1. The molecule has 0 aromatic heterocycles. The van der Waals surface area contributed by atoms with Crippen molar-refractivity contribution in [2.45, 2.75) is 25.1 Å². The minimum absolute atomic E-state index is 0.136. The van der Waals surface area contributed by atoms with Crippen molar-refractivity contribution in [1.82, 2.24) is 0 Å². The Bertz CT molecular complexity index is 423. The number of carbonyl (C=O) groups excluding carboxylic acids is 1. The second-order valence-corrected chi connectivity index (χ2v) is 4.43. The summed E-state index contributed by atoms with van der Waals surface area (Å²) in [5, 5.41) is 0. The molecular formula is C13H13F3NO2. The van der Waals surface area contributed by atoms with Crippen LogP contribution in [0.2, 0.25) is 0 Å². The van der Waals surface area contributed by atoms with Gasteiger partial charge in [0.15, 0.2) is 0 Å². The van der Waals surface area contributed by atoms with E-state index in [1.165, 1.54) is 18.6 Å². The first-order valence-corrected chi connectivity index (χ1v) is 5.95. The smallest absolute Gasteiger partial charge is 0.417 e. The Balaban J connectivity index is 1.98. The maximum atomic E-state index is 12.4. The van der Waals surface area contributed by atoms with Gasteiger partial charge in [-0.1, -0.05) is 0 Å². The van der Waals surface area contributed by atoms with Gasteiger partial charge in [-0.3, -0.25) is 0 Å². The molecule has 1 saturated heterocycles. The fourth-order valence-electron chi connectivity index (χ4n) is 2.16. The Morgan fingerprint density at radius 3 is 2.21 bits per heavy atom. The molecule has 0 N–H and O–H groups in total. The molecule has 103 valence electrons.